The number of nitrogens with one attached hydrogen (secondary N) is 2. The van der Waals surface area contributed by atoms with E-state index in [1.165, 1.54) is 18.2 Å². The molecule has 0 atom stereocenters. The van der Waals surface area contributed by atoms with Gasteiger partial charge in [-0.1, -0.05) is 0 Å². The molecule has 0 aromatic heterocycles. The highest BCUT2D eigenvalue weighted by atomic mass is 32.2. The van der Waals surface area contributed by atoms with E-state index in [0.29, 0.717) is 24.7 Å². The van der Waals surface area contributed by atoms with Crippen molar-refractivity contribution in [2.45, 2.75) is 18.7 Å². The van der Waals surface area contributed by atoms with Crippen LogP contribution in [0.4, 0.5) is 4.79 Å². The summed E-state index contributed by atoms with van der Waals surface area (Å²) in [5.41, 5.74) is 1.89. The van der Waals surface area contributed by atoms with Crippen LogP contribution in [0.2, 0.25) is 0 Å². The maximum atomic E-state index is 12.0. The van der Waals surface area contributed by atoms with Gasteiger partial charge in [-0.25, -0.2) is 18.6 Å². The molecule has 0 saturated carbocycles. The molecule has 1 aromatic carbocycles. The first-order chi connectivity index (χ1) is 9.94. The molecule has 118 valence electrons. The predicted octanol–water partition coefficient (Wildman–Crippen LogP) is 1.03. The molecule has 0 heterocycles. The van der Waals surface area contributed by atoms with E-state index in [1.807, 2.05) is 17.2 Å². The van der Waals surface area contributed by atoms with Crippen molar-refractivity contribution in [1.82, 2.24) is 10.3 Å². The molecule has 9 heteroatoms. The highest BCUT2D eigenvalue weighted by molar-refractivity contribution is 7.89. The molecule has 0 saturated heterocycles. The summed E-state index contributed by atoms with van der Waals surface area (Å²) >= 11 is 0. The van der Waals surface area contributed by atoms with E-state index in [0.717, 1.165) is 7.11 Å². The van der Waals surface area contributed by atoms with Gasteiger partial charge in [-0.3, -0.25) is 0 Å². The van der Waals surface area contributed by atoms with Gasteiger partial charge < -0.3 is 14.2 Å². The van der Waals surface area contributed by atoms with Gasteiger partial charge in [-0.05, 0) is 26.0 Å². The van der Waals surface area contributed by atoms with Crippen molar-refractivity contribution in [1.29, 1.82) is 0 Å². The third-order valence-electron chi connectivity index (χ3n) is 2.30. The molecule has 1 aromatic rings. The van der Waals surface area contributed by atoms with Crippen molar-refractivity contribution < 1.29 is 27.4 Å². The average molecular weight is 318 g/mol. The molecule has 0 aliphatic carbocycles. The molecule has 0 fully saturated rings. The van der Waals surface area contributed by atoms with Gasteiger partial charge in [0, 0.05) is 6.07 Å². The SMILES string of the molecule is CCOc1ccc(S(=O)(=O)NNC(=O)OC)cc1OCC. The minimum atomic E-state index is -3.94. The van der Waals surface area contributed by atoms with Crippen molar-refractivity contribution in [2.75, 3.05) is 20.3 Å². The van der Waals surface area contributed by atoms with E-state index < -0.39 is 16.1 Å². The zero-order valence-electron chi connectivity index (χ0n) is 12.0. The van der Waals surface area contributed by atoms with E-state index in [4.69, 9.17) is 9.47 Å². The molecule has 0 spiro atoms. The quantitative estimate of drug-likeness (QED) is 0.728. The Balaban J connectivity index is 3.01. The van der Waals surface area contributed by atoms with Crippen molar-refractivity contribution in [3.63, 3.8) is 0 Å². The van der Waals surface area contributed by atoms with Crippen molar-refractivity contribution in [3.05, 3.63) is 18.2 Å². The van der Waals surface area contributed by atoms with Gasteiger partial charge in [-0.15, -0.1) is 4.83 Å². The smallest absolute Gasteiger partial charge is 0.422 e. The summed E-state index contributed by atoms with van der Waals surface area (Å²) in [6, 6.07) is 4.14. The maximum Gasteiger partial charge on any atom is 0.422 e. The number of benzene rings is 1. The van der Waals surface area contributed by atoms with Crippen LogP contribution >= 0.6 is 0 Å². The summed E-state index contributed by atoms with van der Waals surface area (Å²) in [6.07, 6.45) is -0.922. The lowest BCUT2D eigenvalue weighted by Gasteiger charge is -2.13. The molecule has 2 N–H and O–H groups in total. The van der Waals surface area contributed by atoms with Crippen LogP contribution in [0.5, 0.6) is 11.5 Å². The molecule has 0 aliphatic heterocycles. The van der Waals surface area contributed by atoms with Crippen LogP contribution in [-0.2, 0) is 14.8 Å². The Labute approximate surface area is 123 Å². The van der Waals surface area contributed by atoms with Gasteiger partial charge in [0.15, 0.2) is 11.5 Å². The van der Waals surface area contributed by atoms with Crippen molar-refractivity contribution in [3.8, 4) is 11.5 Å². The van der Waals surface area contributed by atoms with E-state index >= 15 is 0 Å². The van der Waals surface area contributed by atoms with Gasteiger partial charge in [0.2, 0.25) is 0 Å². The summed E-state index contributed by atoms with van der Waals surface area (Å²) < 4.78 is 39.0. The maximum absolute atomic E-state index is 12.0. The molecule has 0 radical (unpaired) electrons. The van der Waals surface area contributed by atoms with Crippen LogP contribution in [0.15, 0.2) is 23.1 Å². The molecule has 0 bridgehead atoms. The van der Waals surface area contributed by atoms with Gasteiger partial charge in [0.05, 0.1) is 25.2 Å². The van der Waals surface area contributed by atoms with E-state index in [1.54, 1.807) is 6.92 Å². The van der Waals surface area contributed by atoms with Gasteiger partial charge >= 0.3 is 6.09 Å². The first-order valence-electron chi connectivity index (χ1n) is 6.20. The van der Waals surface area contributed by atoms with Gasteiger partial charge in [-0.2, -0.15) is 0 Å². The highest BCUT2D eigenvalue weighted by Gasteiger charge is 2.18. The van der Waals surface area contributed by atoms with Crippen LogP contribution in [0.1, 0.15) is 13.8 Å². The first-order valence-corrected chi connectivity index (χ1v) is 7.68. The number of hydrogen-bond acceptors (Lipinski definition) is 6. The lowest BCUT2D eigenvalue weighted by Crippen LogP contribution is -2.41. The number of carbonyl (C=O) groups excluding carboxylic acids is 1. The van der Waals surface area contributed by atoms with E-state index in [-0.39, 0.29) is 4.90 Å². The monoisotopic (exact) mass is 318 g/mol. The topological polar surface area (TPSA) is 103 Å². The molecule has 1 amide bonds. The number of carbonyl (C=O) groups is 1. The molecular weight excluding hydrogens is 300 g/mol. The summed E-state index contributed by atoms with van der Waals surface area (Å²) in [5, 5.41) is 0. The fourth-order valence-electron chi connectivity index (χ4n) is 1.42. The van der Waals surface area contributed by atoms with E-state index in [9.17, 15) is 13.2 Å². The number of methoxy groups -OCH3 is 1. The lowest BCUT2D eigenvalue weighted by molar-refractivity contribution is 0.169. The fourth-order valence-corrected chi connectivity index (χ4v) is 2.26. The lowest BCUT2D eigenvalue weighted by atomic mass is 10.3. The molecular formula is C12H18N2O6S. The molecule has 1 rings (SSSR count). The number of hydrazine groups is 1. The number of rotatable bonds is 7. The van der Waals surface area contributed by atoms with Crippen molar-refractivity contribution in [2.24, 2.45) is 0 Å². The highest BCUT2D eigenvalue weighted by Crippen LogP contribution is 2.30. The number of sulfonamides is 1. The second kappa shape index (κ2) is 7.70. The Bertz CT molecular complexity index is 587. The number of hydrogen-bond donors (Lipinski definition) is 2. The Hall–Kier alpha value is -2.00. The van der Waals surface area contributed by atoms with E-state index in [2.05, 4.69) is 4.74 Å². The number of ether oxygens (including phenoxy) is 3. The summed E-state index contributed by atoms with van der Waals surface area (Å²) in [4.78, 5) is 12.7. The predicted molar refractivity (Wildman–Crippen MR) is 74.6 cm³/mol. The second-order valence-electron chi connectivity index (χ2n) is 3.70. The zero-order valence-corrected chi connectivity index (χ0v) is 12.8. The Morgan fingerprint density at radius 3 is 2.33 bits per heavy atom. The first kappa shape index (κ1) is 17.1. The molecule has 0 aliphatic rings. The minimum absolute atomic E-state index is 0.0780. The van der Waals surface area contributed by atoms with Gasteiger partial charge in [0.1, 0.15) is 0 Å². The summed E-state index contributed by atoms with van der Waals surface area (Å²) in [5.74, 6) is 0.750. The normalized spacial score (nSPS) is 10.8. The summed E-state index contributed by atoms with van der Waals surface area (Å²) in [6.45, 7) is 4.36. The Morgan fingerprint density at radius 1 is 1.14 bits per heavy atom. The van der Waals surface area contributed by atoms with Crippen LogP contribution < -0.4 is 19.7 Å². The third-order valence-corrected chi connectivity index (χ3v) is 3.54. The second-order valence-corrected chi connectivity index (χ2v) is 5.38. The minimum Gasteiger partial charge on any atom is -0.490 e. The van der Waals surface area contributed by atoms with Crippen molar-refractivity contribution >= 4 is 16.1 Å². The fraction of sp³-hybridized carbons (Fsp3) is 0.417. The molecule has 21 heavy (non-hydrogen) atoms. The zero-order chi connectivity index (χ0) is 15.9. The van der Waals surface area contributed by atoms with Crippen LogP contribution in [0.3, 0.4) is 0 Å². The Morgan fingerprint density at radius 2 is 1.76 bits per heavy atom. The average Bonchev–Trinajstić information content (AvgIpc) is 2.47. The Kier molecular flexibility index (Phi) is 6.25. The summed E-state index contributed by atoms with van der Waals surface area (Å²) in [7, 11) is -2.82. The molecule has 0 unspecified atom stereocenters. The van der Waals surface area contributed by atoms with Gasteiger partial charge in [0.25, 0.3) is 10.0 Å². The van der Waals surface area contributed by atoms with Crippen LogP contribution in [0, 0.1) is 0 Å². The van der Waals surface area contributed by atoms with Crippen LogP contribution in [0.25, 0.3) is 0 Å². The molecule has 8 nitrogen and oxygen atoms in total. The number of amides is 1. The largest absolute Gasteiger partial charge is 0.490 e. The standard InChI is InChI=1S/C12H18N2O6S/c1-4-19-10-7-6-9(8-11(10)20-5-2)21(16,17)14-13-12(15)18-3/h6-8,14H,4-5H2,1-3H3,(H,13,15). The van der Waals surface area contributed by atoms with Crippen LogP contribution in [-0.4, -0.2) is 34.8 Å². The third kappa shape index (κ3) is 4.80.